The Hall–Kier alpha value is -1.91. The van der Waals surface area contributed by atoms with Crippen molar-refractivity contribution in [2.45, 2.75) is 57.6 Å². The number of carbonyl (C=O) groups excluding carboxylic acids is 1. The first-order chi connectivity index (χ1) is 15.8. The molecule has 1 aromatic rings. The normalized spacial score (nSPS) is 24.7. The van der Waals surface area contributed by atoms with Gasteiger partial charge in [0.15, 0.2) is 0 Å². The number of ether oxygens (including phenoxy) is 1. The molecule has 0 bridgehead atoms. The highest BCUT2D eigenvalue weighted by Crippen LogP contribution is 2.34. The molecule has 10 heteroatoms. The fourth-order valence-corrected chi connectivity index (χ4v) is 3.89. The fraction of sp³-hybridized carbons (Fsp3) is 0.708. The third-order valence-electron chi connectivity index (χ3n) is 5.93. The van der Waals surface area contributed by atoms with Crippen molar-refractivity contribution < 1.29 is 37.3 Å². The first kappa shape index (κ1) is 28.3. The summed E-state index contributed by atoms with van der Waals surface area (Å²) in [5, 5.41) is 17.9. The van der Waals surface area contributed by atoms with Crippen molar-refractivity contribution in [3.05, 3.63) is 35.9 Å². The maximum Gasteiger partial charge on any atom is 0.410 e. The van der Waals surface area contributed by atoms with Gasteiger partial charge in [-0.25, -0.2) is 22.4 Å². The zero-order chi connectivity index (χ0) is 25.6. The van der Waals surface area contributed by atoms with Crippen LogP contribution in [0.5, 0.6) is 0 Å². The van der Waals surface area contributed by atoms with E-state index in [0.29, 0.717) is 13.1 Å². The highest BCUT2D eigenvalue weighted by Gasteiger charge is 2.45. The Bertz CT molecular complexity index is 774. The molecule has 1 amide bonds. The summed E-state index contributed by atoms with van der Waals surface area (Å²) in [5.74, 6) is -7.77. The van der Waals surface area contributed by atoms with Crippen molar-refractivity contribution in [3.8, 4) is 0 Å². The minimum Gasteiger partial charge on any atom is -0.444 e. The number of amides is 1. The van der Waals surface area contributed by atoms with E-state index in [0.717, 1.165) is 5.56 Å². The minimum atomic E-state index is -2.91. The van der Waals surface area contributed by atoms with Gasteiger partial charge in [-0.15, -0.1) is 0 Å². The number of aliphatic hydroxyl groups excluding tert-OH is 2. The highest BCUT2D eigenvalue weighted by molar-refractivity contribution is 5.68. The lowest BCUT2D eigenvalue weighted by Crippen LogP contribution is -2.51. The average Bonchev–Trinajstić information content (AvgIpc) is 2.74. The molecule has 34 heavy (non-hydrogen) atoms. The molecule has 2 heterocycles. The molecular weight excluding hydrogens is 456 g/mol. The van der Waals surface area contributed by atoms with Gasteiger partial charge < -0.3 is 19.8 Å². The summed E-state index contributed by atoms with van der Waals surface area (Å²) in [7, 11) is 0. The molecule has 0 radical (unpaired) electrons. The second-order valence-corrected chi connectivity index (χ2v) is 9.93. The van der Waals surface area contributed by atoms with Crippen LogP contribution < -0.4 is 0 Å². The Balaban J connectivity index is 0.000000240. The maximum absolute atomic E-state index is 13.4. The van der Waals surface area contributed by atoms with Crippen LogP contribution in [0.1, 0.15) is 39.2 Å². The number of carbonyl (C=O) groups is 1. The molecule has 2 atom stereocenters. The standard InChI is InChI=1S/C13H17F2NO.C11H19F2NO3/c14-13(15)6-7-16(9-12(13)10-17)8-11-4-2-1-3-5-11;1-10(2,3)17-9(16)14-5-4-11(12,13)8(6-14)7-15/h1-5,12,17H,6-10H2;8,15H,4-7H2,1-3H3. The Kier molecular flexibility index (Phi) is 9.73. The molecular formula is C24H36F4N2O4. The predicted octanol–water partition coefficient (Wildman–Crippen LogP) is 4.01. The van der Waals surface area contributed by atoms with E-state index in [2.05, 4.69) is 0 Å². The quantitative estimate of drug-likeness (QED) is 0.622. The van der Waals surface area contributed by atoms with Gasteiger partial charge in [0, 0.05) is 45.6 Å². The molecule has 0 aromatic heterocycles. The van der Waals surface area contributed by atoms with E-state index in [4.69, 9.17) is 14.9 Å². The number of piperidine rings is 2. The summed E-state index contributed by atoms with van der Waals surface area (Å²) in [6.07, 6.45) is -1.20. The molecule has 2 saturated heterocycles. The summed E-state index contributed by atoms with van der Waals surface area (Å²) in [6, 6.07) is 9.79. The number of rotatable bonds is 4. The van der Waals surface area contributed by atoms with Crippen molar-refractivity contribution in [3.63, 3.8) is 0 Å². The number of hydrogen-bond acceptors (Lipinski definition) is 5. The van der Waals surface area contributed by atoms with Gasteiger partial charge >= 0.3 is 6.09 Å². The Morgan fingerprint density at radius 3 is 2.03 bits per heavy atom. The summed E-state index contributed by atoms with van der Waals surface area (Å²) in [5.41, 5.74) is 0.473. The van der Waals surface area contributed by atoms with Crippen LogP contribution in [0.3, 0.4) is 0 Å². The summed E-state index contributed by atoms with van der Waals surface area (Å²) < 4.78 is 58.5. The van der Waals surface area contributed by atoms with Crippen LogP contribution in [-0.4, -0.2) is 82.9 Å². The molecule has 2 fully saturated rings. The van der Waals surface area contributed by atoms with Gasteiger partial charge in [-0.05, 0) is 26.3 Å². The highest BCUT2D eigenvalue weighted by atomic mass is 19.3. The van der Waals surface area contributed by atoms with Gasteiger partial charge in [-0.1, -0.05) is 30.3 Å². The van der Waals surface area contributed by atoms with Crippen LogP contribution in [-0.2, 0) is 11.3 Å². The number of benzene rings is 1. The van der Waals surface area contributed by atoms with Crippen LogP contribution in [0.15, 0.2) is 30.3 Å². The van der Waals surface area contributed by atoms with Gasteiger partial charge in [0.25, 0.3) is 11.8 Å². The lowest BCUT2D eigenvalue weighted by Gasteiger charge is -2.37. The number of hydrogen-bond donors (Lipinski definition) is 2. The summed E-state index contributed by atoms with van der Waals surface area (Å²) in [4.78, 5) is 14.9. The number of likely N-dealkylation sites (tertiary alicyclic amines) is 2. The van der Waals surface area contributed by atoms with Crippen molar-refractivity contribution in [2.75, 3.05) is 39.4 Å². The van der Waals surface area contributed by atoms with E-state index >= 15 is 0 Å². The van der Waals surface area contributed by atoms with E-state index in [-0.39, 0.29) is 26.1 Å². The third-order valence-corrected chi connectivity index (χ3v) is 5.93. The molecule has 1 aromatic carbocycles. The SMILES string of the molecule is CC(C)(C)OC(=O)N1CCC(F)(F)C(CO)C1.OCC1CN(Cc2ccccc2)CCC1(F)F. The average molecular weight is 493 g/mol. The molecule has 3 rings (SSSR count). The second-order valence-electron chi connectivity index (χ2n) is 9.93. The van der Waals surface area contributed by atoms with Crippen molar-refractivity contribution >= 4 is 6.09 Å². The Morgan fingerprint density at radius 2 is 1.50 bits per heavy atom. The smallest absolute Gasteiger partial charge is 0.410 e. The summed E-state index contributed by atoms with van der Waals surface area (Å²) in [6.45, 7) is 5.18. The number of aliphatic hydroxyl groups is 2. The monoisotopic (exact) mass is 492 g/mol. The zero-order valence-electron chi connectivity index (χ0n) is 20.0. The molecule has 0 saturated carbocycles. The van der Waals surface area contributed by atoms with Crippen molar-refractivity contribution in [1.82, 2.24) is 9.80 Å². The number of alkyl halides is 4. The summed E-state index contributed by atoms with van der Waals surface area (Å²) >= 11 is 0. The van der Waals surface area contributed by atoms with Crippen molar-refractivity contribution in [1.29, 1.82) is 0 Å². The van der Waals surface area contributed by atoms with E-state index in [9.17, 15) is 22.4 Å². The van der Waals surface area contributed by atoms with E-state index in [1.165, 1.54) is 4.90 Å². The largest absolute Gasteiger partial charge is 0.444 e. The lowest BCUT2D eigenvalue weighted by atomic mass is 9.94. The van der Waals surface area contributed by atoms with E-state index in [1.807, 2.05) is 35.2 Å². The molecule has 0 spiro atoms. The Labute approximate surface area is 198 Å². The Morgan fingerprint density at radius 1 is 0.971 bits per heavy atom. The van der Waals surface area contributed by atoms with E-state index in [1.54, 1.807) is 20.8 Å². The molecule has 6 nitrogen and oxygen atoms in total. The number of nitrogens with zero attached hydrogens (tertiary/aromatic N) is 2. The van der Waals surface area contributed by atoms with Crippen LogP contribution in [0.25, 0.3) is 0 Å². The molecule has 2 unspecified atom stereocenters. The van der Waals surface area contributed by atoms with Crippen molar-refractivity contribution in [2.24, 2.45) is 11.8 Å². The van der Waals surface area contributed by atoms with Crippen LogP contribution in [0, 0.1) is 11.8 Å². The van der Waals surface area contributed by atoms with Gasteiger partial charge in [-0.3, -0.25) is 4.90 Å². The fourth-order valence-electron chi connectivity index (χ4n) is 3.89. The minimum absolute atomic E-state index is 0.0432. The molecule has 194 valence electrons. The topological polar surface area (TPSA) is 73.2 Å². The first-order valence-corrected chi connectivity index (χ1v) is 11.5. The van der Waals surface area contributed by atoms with Crippen LogP contribution >= 0.6 is 0 Å². The van der Waals surface area contributed by atoms with Crippen LogP contribution in [0.2, 0.25) is 0 Å². The maximum atomic E-state index is 13.4. The third kappa shape index (κ3) is 8.39. The lowest BCUT2D eigenvalue weighted by molar-refractivity contribution is -0.121. The molecule has 2 N–H and O–H groups in total. The van der Waals surface area contributed by atoms with E-state index < -0.39 is 55.0 Å². The first-order valence-electron chi connectivity index (χ1n) is 11.5. The van der Waals surface area contributed by atoms with Gasteiger partial charge in [0.2, 0.25) is 0 Å². The molecule has 0 aliphatic carbocycles. The predicted molar refractivity (Wildman–Crippen MR) is 120 cm³/mol. The van der Waals surface area contributed by atoms with Crippen LogP contribution in [0.4, 0.5) is 22.4 Å². The van der Waals surface area contributed by atoms with Gasteiger partial charge in [0.1, 0.15) is 5.60 Å². The van der Waals surface area contributed by atoms with Gasteiger partial charge in [-0.2, -0.15) is 0 Å². The van der Waals surface area contributed by atoms with Gasteiger partial charge in [0.05, 0.1) is 25.0 Å². The molecule has 2 aliphatic heterocycles. The number of halogens is 4. The second kappa shape index (κ2) is 11.7. The molecule has 2 aliphatic rings. The zero-order valence-corrected chi connectivity index (χ0v) is 20.0.